The van der Waals surface area contributed by atoms with E-state index < -0.39 is 22.0 Å². The standard InChI is InChI=1S/C27H32N2O4S/c1-19(2)23-14-15-25(33-4)26(17-23)34(31,32)29-24(16-21-8-6-5-7-9-21)27(30)28-18-22-12-10-20(3)11-13-22/h5-15,17,19,24,29H,16,18H2,1-4H3,(H,28,30). The van der Waals surface area contributed by atoms with E-state index in [0.717, 1.165) is 22.3 Å². The predicted octanol–water partition coefficient (Wildman–Crippen LogP) is 4.33. The van der Waals surface area contributed by atoms with Gasteiger partial charge in [0.1, 0.15) is 16.7 Å². The summed E-state index contributed by atoms with van der Waals surface area (Å²) >= 11 is 0. The fourth-order valence-corrected chi connectivity index (χ4v) is 4.97. The molecule has 0 radical (unpaired) electrons. The zero-order valence-electron chi connectivity index (χ0n) is 20.0. The lowest BCUT2D eigenvalue weighted by Gasteiger charge is -2.20. The van der Waals surface area contributed by atoms with Crippen LogP contribution in [0.1, 0.15) is 42.0 Å². The molecule has 0 saturated heterocycles. The number of nitrogens with one attached hydrogen (secondary N) is 2. The van der Waals surface area contributed by atoms with Crippen molar-refractivity contribution in [2.75, 3.05) is 7.11 Å². The summed E-state index contributed by atoms with van der Waals surface area (Å²) in [5.74, 6) is -0.0276. The van der Waals surface area contributed by atoms with Gasteiger partial charge in [0.05, 0.1) is 7.11 Å². The van der Waals surface area contributed by atoms with Gasteiger partial charge in [-0.3, -0.25) is 4.79 Å². The molecule has 0 bridgehead atoms. The first-order valence-electron chi connectivity index (χ1n) is 11.3. The van der Waals surface area contributed by atoms with Crippen LogP contribution in [0.5, 0.6) is 5.75 Å². The maximum Gasteiger partial charge on any atom is 0.245 e. The summed E-state index contributed by atoms with van der Waals surface area (Å²) in [5.41, 5.74) is 3.78. The summed E-state index contributed by atoms with van der Waals surface area (Å²) in [6.45, 7) is 6.28. The normalized spacial score (nSPS) is 12.4. The van der Waals surface area contributed by atoms with E-state index in [-0.39, 0.29) is 23.0 Å². The number of ether oxygens (including phenoxy) is 1. The maximum atomic E-state index is 13.4. The molecule has 0 aliphatic carbocycles. The Balaban J connectivity index is 1.87. The van der Waals surface area contributed by atoms with E-state index in [1.165, 1.54) is 7.11 Å². The zero-order chi connectivity index (χ0) is 24.7. The van der Waals surface area contributed by atoms with Gasteiger partial charge in [-0.05, 0) is 48.1 Å². The first kappa shape index (κ1) is 25.5. The van der Waals surface area contributed by atoms with Crippen LogP contribution in [-0.2, 0) is 27.8 Å². The minimum absolute atomic E-state index is 0.0191. The highest BCUT2D eigenvalue weighted by Gasteiger charge is 2.28. The first-order chi connectivity index (χ1) is 16.2. The second-order valence-corrected chi connectivity index (χ2v) is 10.3. The van der Waals surface area contributed by atoms with Crippen molar-refractivity contribution in [1.82, 2.24) is 10.0 Å². The third-order valence-corrected chi connectivity index (χ3v) is 7.12. The molecule has 0 spiro atoms. The number of aryl methyl sites for hydroxylation is 1. The van der Waals surface area contributed by atoms with E-state index in [0.29, 0.717) is 6.54 Å². The van der Waals surface area contributed by atoms with Gasteiger partial charge in [0.15, 0.2) is 0 Å². The van der Waals surface area contributed by atoms with Crippen LogP contribution < -0.4 is 14.8 Å². The molecule has 3 aromatic carbocycles. The summed E-state index contributed by atoms with van der Waals surface area (Å²) in [7, 11) is -2.62. The van der Waals surface area contributed by atoms with Crippen molar-refractivity contribution in [3.63, 3.8) is 0 Å². The molecular formula is C27H32N2O4S. The Kier molecular flexibility index (Phi) is 8.47. The molecule has 34 heavy (non-hydrogen) atoms. The zero-order valence-corrected chi connectivity index (χ0v) is 20.9. The summed E-state index contributed by atoms with van der Waals surface area (Å²) in [6.07, 6.45) is 0.214. The van der Waals surface area contributed by atoms with Gasteiger partial charge in [-0.25, -0.2) is 8.42 Å². The molecule has 6 nitrogen and oxygen atoms in total. The fraction of sp³-hybridized carbons (Fsp3) is 0.296. The summed E-state index contributed by atoms with van der Waals surface area (Å²) in [6, 6.07) is 21.3. The smallest absolute Gasteiger partial charge is 0.245 e. The molecule has 0 fully saturated rings. The van der Waals surface area contributed by atoms with Crippen LogP contribution in [0.4, 0.5) is 0 Å². The number of carbonyl (C=O) groups is 1. The molecule has 1 amide bonds. The van der Waals surface area contributed by atoms with Gasteiger partial charge in [0.25, 0.3) is 0 Å². The van der Waals surface area contributed by atoms with Crippen LogP contribution in [0, 0.1) is 6.92 Å². The molecule has 0 aromatic heterocycles. The molecule has 2 N–H and O–H groups in total. The quantitative estimate of drug-likeness (QED) is 0.452. The monoisotopic (exact) mass is 480 g/mol. The molecule has 1 atom stereocenters. The number of sulfonamides is 1. The van der Waals surface area contributed by atoms with Crippen molar-refractivity contribution in [1.29, 1.82) is 0 Å². The van der Waals surface area contributed by atoms with Gasteiger partial charge in [-0.2, -0.15) is 4.72 Å². The molecule has 1 unspecified atom stereocenters. The number of methoxy groups -OCH3 is 1. The second kappa shape index (κ2) is 11.3. The van der Waals surface area contributed by atoms with Crippen molar-refractivity contribution < 1.29 is 17.9 Å². The van der Waals surface area contributed by atoms with Gasteiger partial charge < -0.3 is 10.1 Å². The number of hydrogen-bond donors (Lipinski definition) is 2. The number of hydrogen-bond acceptors (Lipinski definition) is 4. The van der Waals surface area contributed by atoms with Gasteiger partial charge in [0.2, 0.25) is 15.9 Å². The second-order valence-electron chi connectivity index (χ2n) is 8.63. The number of rotatable bonds is 10. The van der Waals surface area contributed by atoms with Gasteiger partial charge in [0, 0.05) is 6.54 Å². The van der Waals surface area contributed by atoms with Crippen LogP contribution in [0.2, 0.25) is 0 Å². The van der Waals surface area contributed by atoms with Crippen molar-refractivity contribution in [3.05, 3.63) is 95.1 Å². The van der Waals surface area contributed by atoms with Crippen LogP contribution >= 0.6 is 0 Å². The molecular weight excluding hydrogens is 448 g/mol. The van der Waals surface area contributed by atoms with E-state index in [4.69, 9.17) is 4.74 Å². The number of benzene rings is 3. The van der Waals surface area contributed by atoms with E-state index in [9.17, 15) is 13.2 Å². The molecule has 0 heterocycles. The Bertz CT molecular complexity index is 1210. The lowest BCUT2D eigenvalue weighted by Crippen LogP contribution is -2.47. The highest BCUT2D eigenvalue weighted by atomic mass is 32.2. The maximum absolute atomic E-state index is 13.4. The van der Waals surface area contributed by atoms with E-state index >= 15 is 0 Å². The van der Waals surface area contributed by atoms with Gasteiger partial charge in [-0.1, -0.05) is 80.1 Å². The molecule has 3 rings (SSSR count). The summed E-state index contributed by atoms with van der Waals surface area (Å²) < 4.78 is 34.8. The van der Waals surface area contributed by atoms with Gasteiger partial charge >= 0.3 is 0 Å². The average molecular weight is 481 g/mol. The van der Waals surface area contributed by atoms with Crippen LogP contribution in [-0.4, -0.2) is 27.5 Å². The van der Waals surface area contributed by atoms with E-state index in [2.05, 4.69) is 10.0 Å². The highest BCUT2D eigenvalue weighted by molar-refractivity contribution is 7.89. The molecule has 0 saturated carbocycles. The topological polar surface area (TPSA) is 84.5 Å². The lowest BCUT2D eigenvalue weighted by molar-refractivity contribution is -0.122. The Morgan fingerprint density at radius 1 is 0.941 bits per heavy atom. The largest absolute Gasteiger partial charge is 0.495 e. The minimum Gasteiger partial charge on any atom is -0.495 e. The van der Waals surface area contributed by atoms with Crippen molar-refractivity contribution in [2.45, 2.75) is 50.6 Å². The predicted molar refractivity (Wildman–Crippen MR) is 134 cm³/mol. The van der Waals surface area contributed by atoms with Crippen LogP contribution in [0.25, 0.3) is 0 Å². The number of carbonyl (C=O) groups excluding carboxylic acids is 1. The first-order valence-corrected chi connectivity index (χ1v) is 12.8. The van der Waals surface area contributed by atoms with E-state index in [1.807, 2.05) is 81.4 Å². The van der Waals surface area contributed by atoms with Crippen molar-refractivity contribution in [3.8, 4) is 5.75 Å². The Labute approximate surface area is 202 Å². The van der Waals surface area contributed by atoms with Crippen molar-refractivity contribution >= 4 is 15.9 Å². The molecule has 0 aliphatic heterocycles. The van der Waals surface area contributed by atoms with Crippen LogP contribution in [0.3, 0.4) is 0 Å². The average Bonchev–Trinajstić information content (AvgIpc) is 2.83. The summed E-state index contributed by atoms with van der Waals surface area (Å²) in [5, 5.41) is 2.87. The molecule has 3 aromatic rings. The molecule has 7 heteroatoms. The summed E-state index contributed by atoms with van der Waals surface area (Å²) in [4.78, 5) is 13.2. The highest BCUT2D eigenvalue weighted by Crippen LogP contribution is 2.28. The lowest BCUT2D eigenvalue weighted by atomic mass is 10.0. The van der Waals surface area contributed by atoms with Crippen LogP contribution in [0.15, 0.2) is 77.7 Å². The Morgan fingerprint density at radius 3 is 2.24 bits per heavy atom. The minimum atomic E-state index is -4.05. The third kappa shape index (κ3) is 6.68. The third-order valence-electron chi connectivity index (χ3n) is 5.63. The molecule has 0 aliphatic rings. The van der Waals surface area contributed by atoms with Gasteiger partial charge in [-0.15, -0.1) is 0 Å². The number of amides is 1. The van der Waals surface area contributed by atoms with E-state index in [1.54, 1.807) is 12.1 Å². The SMILES string of the molecule is COc1ccc(C(C)C)cc1S(=O)(=O)NC(Cc1ccccc1)C(=O)NCc1ccc(C)cc1. The Morgan fingerprint density at radius 2 is 1.62 bits per heavy atom. The fourth-order valence-electron chi connectivity index (χ4n) is 3.57. The Hall–Kier alpha value is -3.16. The van der Waals surface area contributed by atoms with Crippen molar-refractivity contribution in [2.24, 2.45) is 0 Å². The molecule has 180 valence electrons.